The van der Waals surface area contributed by atoms with Crippen molar-refractivity contribution in [3.63, 3.8) is 0 Å². The monoisotopic (exact) mass is 909 g/mol. The number of unbranched alkanes of at least 4 members (excludes halogenated alkanes) is 29. The van der Waals surface area contributed by atoms with Gasteiger partial charge in [0.1, 0.15) is 13.2 Å². The molecule has 1 atom stereocenters. The highest BCUT2D eigenvalue weighted by Crippen LogP contribution is 2.15. The molecule has 0 saturated heterocycles. The van der Waals surface area contributed by atoms with Crippen molar-refractivity contribution in [2.75, 3.05) is 13.2 Å². The molecule has 6 nitrogen and oxygen atoms in total. The van der Waals surface area contributed by atoms with Gasteiger partial charge < -0.3 is 14.2 Å². The minimum Gasteiger partial charge on any atom is -0.462 e. The molecular formula is C59H104O6. The topological polar surface area (TPSA) is 78.9 Å². The third-order valence-corrected chi connectivity index (χ3v) is 12.0. The predicted octanol–water partition coefficient (Wildman–Crippen LogP) is 18.4. The Hall–Kier alpha value is -2.89. The highest BCUT2D eigenvalue weighted by molar-refractivity contribution is 5.71. The molecule has 0 aliphatic rings. The first-order valence-electron chi connectivity index (χ1n) is 27.8. The number of hydrogen-bond acceptors (Lipinski definition) is 6. The van der Waals surface area contributed by atoms with Gasteiger partial charge in [-0.25, -0.2) is 0 Å². The van der Waals surface area contributed by atoms with Gasteiger partial charge in [0.2, 0.25) is 0 Å². The van der Waals surface area contributed by atoms with Crippen molar-refractivity contribution in [2.24, 2.45) is 0 Å². The number of esters is 3. The van der Waals surface area contributed by atoms with E-state index >= 15 is 0 Å². The Morgan fingerprint density at radius 2 is 0.569 bits per heavy atom. The van der Waals surface area contributed by atoms with Crippen molar-refractivity contribution in [1.82, 2.24) is 0 Å². The van der Waals surface area contributed by atoms with E-state index in [9.17, 15) is 14.4 Å². The molecule has 0 aromatic carbocycles. The normalized spacial score (nSPS) is 12.5. The molecule has 6 heteroatoms. The van der Waals surface area contributed by atoms with Crippen LogP contribution >= 0.6 is 0 Å². The van der Waals surface area contributed by atoms with Crippen molar-refractivity contribution in [3.8, 4) is 0 Å². The van der Waals surface area contributed by atoms with Gasteiger partial charge in [0.05, 0.1) is 0 Å². The van der Waals surface area contributed by atoms with Crippen LogP contribution in [0, 0.1) is 0 Å². The van der Waals surface area contributed by atoms with E-state index in [0.29, 0.717) is 19.3 Å². The average Bonchev–Trinajstić information content (AvgIpc) is 3.30. The molecule has 65 heavy (non-hydrogen) atoms. The maximum Gasteiger partial charge on any atom is 0.306 e. The molecule has 0 aliphatic heterocycles. The summed E-state index contributed by atoms with van der Waals surface area (Å²) in [5, 5.41) is 0. The number of allylic oxidation sites excluding steroid dienone is 10. The summed E-state index contributed by atoms with van der Waals surface area (Å²) in [5.74, 6) is -0.905. The SMILES string of the molecule is CCCC/C=C\C/C=C\CCCCCCCC(=O)OC(COC(=O)CCCCCCC/C=C\CCCCC)COC(=O)CCCCCCCCCCC/C=C\C/C=C\CCCCCCC. The zero-order valence-electron chi connectivity index (χ0n) is 43.0. The van der Waals surface area contributed by atoms with E-state index in [-0.39, 0.29) is 31.1 Å². The van der Waals surface area contributed by atoms with Gasteiger partial charge in [0.25, 0.3) is 0 Å². The molecule has 0 aromatic heterocycles. The first-order valence-corrected chi connectivity index (χ1v) is 27.8. The average molecular weight is 909 g/mol. The molecule has 0 N–H and O–H groups in total. The summed E-state index contributed by atoms with van der Waals surface area (Å²) in [5.41, 5.74) is 0. The molecule has 0 bridgehead atoms. The quantitative estimate of drug-likeness (QED) is 0.0262. The highest BCUT2D eigenvalue weighted by atomic mass is 16.6. The van der Waals surface area contributed by atoms with E-state index in [0.717, 1.165) is 96.3 Å². The van der Waals surface area contributed by atoms with Gasteiger partial charge >= 0.3 is 17.9 Å². The van der Waals surface area contributed by atoms with Crippen LogP contribution in [0.4, 0.5) is 0 Å². The Kier molecular flexibility index (Phi) is 51.3. The number of carbonyl (C=O) groups is 3. The number of hydrogen-bond donors (Lipinski definition) is 0. The van der Waals surface area contributed by atoms with Crippen LogP contribution in [0.3, 0.4) is 0 Å². The van der Waals surface area contributed by atoms with Crippen LogP contribution in [0.15, 0.2) is 60.8 Å². The van der Waals surface area contributed by atoms with Gasteiger partial charge in [-0.2, -0.15) is 0 Å². The Morgan fingerprint density at radius 1 is 0.308 bits per heavy atom. The van der Waals surface area contributed by atoms with E-state index < -0.39 is 6.10 Å². The summed E-state index contributed by atoms with van der Waals surface area (Å²) in [4.78, 5) is 38.0. The Bertz CT molecular complexity index is 1180. The van der Waals surface area contributed by atoms with E-state index in [4.69, 9.17) is 14.2 Å². The smallest absolute Gasteiger partial charge is 0.306 e. The minimum atomic E-state index is -0.786. The van der Waals surface area contributed by atoms with Crippen LogP contribution in [0.5, 0.6) is 0 Å². The second-order valence-electron chi connectivity index (χ2n) is 18.5. The maximum atomic E-state index is 12.8. The lowest BCUT2D eigenvalue weighted by Crippen LogP contribution is -2.30. The zero-order valence-corrected chi connectivity index (χ0v) is 43.0. The molecular weight excluding hydrogens is 805 g/mol. The molecule has 0 fully saturated rings. The third-order valence-electron chi connectivity index (χ3n) is 12.0. The molecule has 0 saturated carbocycles. The van der Waals surface area contributed by atoms with Crippen LogP contribution < -0.4 is 0 Å². The lowest BCUT2D eigenvalue weighted by atomic mass is 10.1. The van der Waals surface area contributed by atoms with Gasteiger partial charge in [0, 0.05) is 19.3 Å². The fraction of sp³-hybridized carbons (Fsp3) is 0.780. The minimum absolute atomic E-state index is 0.0843. The largest absolute Gasteiger partial charge is 0.462 e. The van der Waals surface area contributed by atoms with Gasteiger partial charge in [-0.3, -0.25) is 14.4 Å². The second-order valence-corrected chi connectivity index (χ2v) is 18.5. The molecule has 1 unspecified atom stereocenters. The Balaban J connectivity index is 4.34. The van der Waals surface area contributed by atoms with Crippen molar-refractivity contribution in [3.05, 3.63) is 60.8 Å². The van der Waals surface area contributed by atoms with E-state index in [2.05, 4.69) is 81.5 Å². The predicted molar refractivity (Wildman–Crippen MR) is 279 cm³/mol. The molecule has 376 valence electrons. The van der Waals surface area contributed by atoms with Gasteiger partial charge in [-0.15, -0.1) is 0 Å². The summed E-state index contributed by atoms with van der Waals surface area (Å²) in [6, 6.07) is 0. The fourth-order valence-electron chi connectivity index (χ4n) is 7.72. The summed E-state index contributed by atoms with van der Waals surface area (Å²) >= 11 is 0. The van der Waals surface area contributed by atoms with Crippen molar-refractivity contribution >= 4 is 17.9 Å². The van der Waals surface area contributed by atoms with Gasteiger partial charge in [-0.05, 0) is 103 Å². The molecule has 0 radical (unpaired) electrons. The highest BCUT2D eigenvalue weighted by Gasteiger charge is 2.19. The van der Waals surface area contributed by atoms with Crippen molar-refractivity contribution < 1.29 is 28.6 Å². The van der Waals surface area contributed by atoms with Crippen LogP contribution in [0.25, 0.3) is 0 Å². The first-order chi connectivity index (χ1) is 32.0. The van der Waals surface area contributed by atoms with Crippen LogP contribution in [-0.4, -0.2) is 37.2 Å². The molecule has 0 aromatic rings. The number of carbonyl (C=O) groups excluding carboxylic acids is 3. The lowest BCUT2D eigenvalue weighted by Gasteiger charge is -2.18. The molecule has 0 rings (SSSR count). The maximum absolute atomic E-state index is 12.8. The van der Waals surface area contributed by atoms with E-state index in [1.807, 2.05) is 0 Å². The Morgan fingerprint density at radius 3 is 0.938 bits per heavy atom. The summed E-state index contributed by atoms with van der Waals surface area (Å²) < 4.78 is 16.8. The summed E-state index contributed by atoms with van der Waals surface area (Å²) in [7, 11) is 0. The lowest BCUT2D eigenvalue weighted by molar-refractivity contribution is -0.167. The fourth-order valence-corrected chi connectivity index (χ4v) is 7.72. The Labute approximate surface area is 402 Å². The van der Waals surface area contributed by atoms with Crippen LogP contribution in [-0.2, 0) is 28.6 Å². The van der Waals surface area contributed by atoms with Crippen LogP contribution in [0.1, 0.15) is 278 Å². The molecule has 0 aliphatic carbocycles. The summed E-state index contributed by atoms with van der Waals surface area (Å²) in [6.45, 7) is 6.55. The van der Waals surface area contributed by atoms with Crippen LogP contribution in [0.2, 0.25) is 0 Å². The molecule has 0 heterocycles. The number of rotatable bonds is 50. The summed E-state index contributed by atoms with van der Waals surface area (Å²) in [6.07, 6.45) is 66.3. The third kappa shape index (κ3) is 51.9. The van der Waals surface area contributed by atoms with Gasteiger partial charge in [0.15, 0.2) is 6.10 Å². The van der Waals surface area contributed by atoms with E-state index in [1.165, 1.54) is 141 Å². The zero-order chi connectivity index (χ0) is 47.2. The second kappa shape index (κ2) is 53.7. The van der Waals surface area contributed by atoms with Crippen molar-refractivity contribution in [2.45, 2.75) is 284 Å². The molecule has 0 spiro atoms. The standard InChI is InChI=1S/C59H104O6/c1-4-7-10-13-16-19-22-25-27-28-29-30-31-32-33-35-37-40-43-46-49-52-58(61)64-55-56(54-63-57(60)51-48-45-42-39-36-24-21-18-15-12-9-6-3)65-59(62)53-50-47-44-41-38-34-26-23-20-17-14-11-8-5-2/h14,17-18,21-23,25-26,28-29,56H,4-13,15-16,19-20,24,27,30-55H2,1-3H3/b17-14-,21-18-,25-22-,26-23-,29-28-. The van der Waals surface area contributed by atoms with Crippen molar-refractivity contribution in [1.29, 1.82) is 0 Å². The van der Waals surface area contributed by atoms with Gasteiger partial charge in [-0.1, -0.05) is 216 Å². The molecule has 0 amide bonds. The number of ether oxygens (including phenoxy) is 3. The van der Waals surface area contributed by atoms with E-state index in [1.54, 1.807) is 0 Å². The first kappa shape index (κ1) is 62.1.